The van der Waals surface area contributed by atoms with E-state index < -0.39 is 0 Å². The van der Waals surface area contributed by atoms with E-state index in [9.17, 15) is 0 Å². The van der Waals surface area contributed by atoms with Crippen molar-refractivity contribution >= 4 is 22.4 Å². The molecule has 0 bridgehead atoms. The van der Waals surface area contributed by atoms with Crippen LogP contribution >= 0.6 is 11.6 Å². The Labute approximate surface area is 107 Å². The molecule has 0 saturated carbocycles. The number of hydrogen-bond acceptors (Lipinski definition) is 1. The Kier molecular flexibility index (Phi) is 3.04. The molecule has 0 amide bonds. The lowest BCUT2D eigenvalue weighted by Crippen LogP contribution is -2.20. The minimum absolute atomic E-state index is 0.338. The summed E-state index contributed by atoms with van der Waals surface area (Å²) in [5.74, 6) is 0. The summed E-state index contributed by atoms with van der Waals surface area (Å²) in [5.41, 5.74) is 1.41. The van der Waals surface area contributed by atoms with Crippen molar-refractivity contribution in [3.05, 3.63) is 48.0 Å². The molecule has 0 aliphatic carbocycles. The van der Waals surface area contributed by atoms with Crippen LogP contribution in [0.3, 0.4) is 0 Å². The van der Waals surface area contributed by atoms with Crippen LogP contribution in [0.5, 0.6) is 0 Å². The van der Waals surface area contributed by atoms with Crippen molar-refractivity contribution in [2.24, 2.45) is 0 Å². The maximum atomic E-state index is 6.15. The molecule has 0 aromatic heterocycles. The lowest BCUT2D eigenvalue weighted by molar-refractivity contribution is 0.333. The van der Waals surface area contributed by atoms with Gasteiger partial charge in [0.05, 0.1) is 0 Å². The second-order valence-corrected chi connectivity index (χ2v) is 5.38. The van der Waals surface area contributed by atoms with Gasteiger partial charge in [0.1, 0.15) is 0 Å². The van der Waals surface area contributed by atoms with Crippen molar-refractivity contribution in [3.8, 4) is 0 Å². The molecule has 1 saturated heterocycles. The summed E-state index contributed by atoms with van der Waals surface area (Å²) in [6, 6.07) is 15.1. The number of halogens is 1. The number of hydrogen-bond donors (Lipinski definition) is 0. The zero-order valence-electron chi connectivity index (χ0n) is 9.77. The summed E-state index contributed by atoms with van der Waals surface area (Å²) >= 11 is 6.15. The van der Waals surface area contributed by atoms with Crippen molar-refractivity contribution in [2.45, 2.75) is 18.3 Å². The predicted molar refractivity (Wildman–Crippen MR) is 73.5 cm³/mol. The molecule has 2 aromatic rings. The second-order valence-electron chi connectivity index (χ2n) is 4.76. The number of rotatable bonds is 2. The molecule has 1 aliphatic rings. The first-order valence-corrected chi connectivity index (χ1v) is 6.59. The van der Waals surface area contributed by atoms with Crippen LogP contribution in [0.25, 0.3) is 10.8 Å². The molecule has 1 fully saturated rings. The van der Waals surface area contributed by atoms with Gasteiger partial charge in [-0.2, -0.15) is 0 Å². The summed E-state index contributed by atoms with van der Waals surface area (Å²) < 4.78 is 0. The Hall–Kier alpha value is -1.05. The van der Waals surface area contributed by atoms with E-state index in [0.29, 0.717) is 5.38 Å². The summed E-state index contributed by atoms with van der Waals surface area (Å²) in [6.45, 7) is 3.16. The predicted octanol–water partition coefficient (Wildman–Crippen LogP) is 3.65. The van der Waals surface area contributed by atoms with E-state index in [1.54, 1.807) is 0 Å². The zero-order chi connectivity index (χ0) is 11.7. The molecular weight excluding hydrogens is 230 g/mol. The van der Waals surface area contributed by atoms with Gasteiger partial charge in [0.2, 0.25) is 0 Å². The van der Waals surface area contributed by atoms with Gasteiger partial charge in [-0.1, -0.05) is 42.5 Å². The van der Waals surface area contributed by atoms with Gasteiger partial charge in [-0.05, 0) is 29.3 Å². The molecule has 0 radical (unpaired) electrons. The highest BCUT2D eigenvalue weighted by Gasteiger charge is 2.20. The van der Waals surface area contributed by atoms with Gasteiger partial charge in [-0.15, -0.1) is 11.6 Å². The molecule has 2 aromatic carbocycles. The van der Waals surface area contributed by atoms with Crippen molar-refractivity contribution in [1.29, 1.82) is 0 Å². The molecule has 3 rings (SSSR count). The molecule has 1 atom stereocenters. The average Bonchev–Trinajstić information content (AvgIpc) is 2.75. The third-order valence-electron chi connectivity index (χ3n) is 3.49. The topological polar surface area (TPSA) is 3.24 Å². The molecule has 1 unspecified atom stereocenters. The fourth-order valence-electron chi connectivity index (χ4n) is 2.60. The Balaban J connectivity index is 1.90. The Morgan fingerprint density at radius 2 is 1.94 bits per heavy atom. The summed E-state index contributed by atoms with van der Waals surface area (Å²) in [6.07, 6.45) is 1.12. The highest BCUT2D eigenvalue weighted by atomic mass is 35.5. The molecule has 2 heteroatoms. The van der Waals surface area contributed by atoms with Crippen LogP contribution in [0.15, 0.2) is 42.5 Å². The van der Waals surface area contributed by atoms with Gasteiger partial charge in [-0.25, -0.2) is 0 Å². The SMILES string of the molecule is ClC1CCN(Cc2cccc3ccccc23)C1. The zero-order valence-corrected chi connectivity index (χ0v) is 10.5. The monoisotopic (exact) mass is 245 g/mol. The number of alkyl halides is 1. The van der Waals surface area contributed by atoms with E-state index in [1.165, 1.54) is 16.3 Å². The third kappa shape index (κ3) is 2.31. The molecule has 1 nitrogen and oxygen atoms in total. The minimum Gasteiger partial charge on any atom is -0.298 e. The van der Waals surface area contributed by atoms with E-state index >= 15 is 0 Å². The van der Waals surface area contributed by atoms with Gasteiger partial charge in [0.25, 0.3) is 0 Å². The van der Waals surface area contributed by atoms with Crippen molar-refractivity contribution in [2.75, 3.05) is 13.1 Å². The first-order chi connectivity index (χ1) is 8.33. The Morgan fingerprint density at radius 3 is 2.76 bits per heavy atom. The van der Waals surface area contributed by atoms with Crippen LogP contribution in [0, 0.1) is 0 Å². The normalized spacial score (nSPS) is 21.1. The summed E-state index contributed by atoms with van der Waals surface area (Å²) in [4.78, 5) is 2.44. The molecule has 0 spiro atoms. The van der Waals surface area contributed by atoms with E-state index in [-0.39, 0.29) is 0 Å². The van der Waals surface area contributed by atoms with Gasteiger partial charge in [0.15, 0.2) is 0 Å². The van der Waals surface area contributed by atoms with Gasteiger partial charge in [-0.3, -0.25) is 4.90 Å². The molecule has 1 heterocycles. The van der Waals surface area contributed by atoms with Gasteiger partial charge >= 0.3 is 0 Å². The highest BCUT2D eigenvalue weighted by Crippen LogP contribution is 2.22. The third-order valence-corrected chi connectivity index (χ3v) is 3.84. The van der Waals surface area contributed by atoms with Crippen LogP contribution in [-0.4, -0.2) is 23.4 Å². The van der Waals surface area contributed by atoms with Gasteiger partial charge in [0, 0.05) is 18.5 Å². The van der Waals surface area contributed by atoms with Crippen LogP contribution in [0.2, 0.25) is 0 Å². The molecule has 88 valence electrons. The maximum absolute atomic E-state index is 6.15. The van der Waals surface area contributed by atoms with Crippen molar-refractivity contribution < 1.29 is 0 Å². The van der Waals surface area contributed by atoms with Crippen molar-refractivity contribution in [1.82, 2.24) is 4.90 Å². The fourth-order valence-corrected chi connectivity index (χ4v) is 2.89. The minimum atomic E-state index is 0.338. The summed E-state index contributed by atoms with van der Waals surface area (Å²) in [7, 11) is 0. The van der Waals surface area contributed by atoms with E-state index in [2.05, 4.69) is 47.4 Å². The van der Waals surface area contributed by atoms with Crippen LogP contribution in [-0.2, 0) is 6.54 Å². The largest absolute Gasteiger partial charge is 0.298 e. The quantitative estimate of drug-likeness (QED) is 0.730. The number of nitrogens with zero attached hydrogens (tertiary/aromatic N) is 1. The summed E-state index contributed by atoms with van der Waals surface area (Å²) in [5, 5.41) is 3.03. The molecule has 1 aliphatic heterocycles. The van der Waals surface area contributed by atoms with E-state index in [4.69, 9.17) is 11.6 Å². The standard InChI is InChI=1S/C15H16ClN/c16-14-8-9-17(11-14)10-13-6-3-5-12-4-1-2-7-15(12)13/h1-7,14H,8-11H2. The fraction of sp³-hybridized carbons (Fsp3) is 0.333. The van der Waals surface area contributed by atoms with E-state index in [1.807, 2.05) is 0 Å². The molecule has 0 N–H and O–H groups in total. The van der Waals surface area contributed by atoms with Crippen LogP contribution in [0.4, 0.5) is 0 Å². The lowest BCUT2D eigenvalue weighted by atomic mass is 10.0. The van der Waals surface area contributed by atoms with E-state index in [0.717, 1.165) is 26.1 Å². The lowest BCUT2D eigenvalue weighted by Gasteiger charge is -2.16. The first kappa shape index (κ1) is 11.1. The number of benzene rings is 2. The molecule has 17 heavy (non-hydrogen) atoms. The van der Waals surface area contributed by atoms with Crippen LogP contribution < -0.4 is 0 Å². The Bertz CT molecular complexity index is 518. The average molecular weight is 246 g/mol. The van der Waals surface area contributed by atoms with Crippen molar-refractivity contribution in [3.63, 3.8) is 0 Å². The number of likely N-dealkylation sites (tertiary alicyclic amines) is 1. The Morgan fingerprint density at radius 1 is 1.12 bits per heavy atom. The highest BCUT2D eigenvalue weighted by molar-refractivity contribution is 6.20. The smallest absolute Gasteiger partial charge is 0.0475 e. The maximum Gasteiger partial charge on any atom is 0.0475 e. The first-order valence-electron chi connectivity index (χ1n) is 6.16. The van der Waals surface area contributed by atoms with Gasteiger partial charge < -0.3 is 0 Å². The van der Waals surface area contributed by atoms with Crippen LogP contribution in [0.1, 0.15) is 12.0 Å². The molecular formula is C15H16ClN. The number of fused-ring (bicyclic) bond motifs is 1. The second kappa shape index (κ2) is 4.67.